The van der Waals surface area contributed by atoms with Crippen LogP contribution in [0.5, 0.6) is 0 Å². The first-order valence-electron chi connectivity index (χ1n) is 8.56. The molecule has 6 heteroatoms. The summed E-state index contributed by atoms with van der Waals surface area (Å²) in [6.45, 7) is 8.30. The van der Waals surface area contributed by atoms with Crippen molar-refractivity contribution in [2.24, 2.45) is 5.41 Å². The minimum Gasteiger partial charge on any atom is -0.395 e. The zero-order valence-corrected chi connectivity index (χ0v) is 14.2. The van der Waals surface area contributed by atoms with E-state index in [9.17, 15) is 4.79 Å². The lowest BCUT2D eigenvalue weighted by molar-refractivity contribution is -0.139. The van der Waals surface area contributed by atoms with E-state index in [0.29, 0.717) is 13.0 Å². The molecule has 1 aromatic heterocycles. The number of carbonyl (C=O) groups is 1. The largest absolute Gasteiger partial charge is 0.395 e. The van der Waals surface area contributed by atoms with Crippen LogP contribution in [0, 0.1) is 19.3 Å². The average Bonchev–Trinajstić information content (AvgIpc) is 2.86. The molecule has 0 aromatic carbocycles. The zero-order valence-electron chi connectivity index (χ0n) is 14.2. The summed E-state index contributed by atoms with van der Waals surface area (Å²) in [5.41, 5.74) is 2.44. The highest BCUT2D eigenvalue weighted by Crippen LogP contribution is 2.40. The first-order chi connectivity index (χ1) is 11.0. The number of hydrogen-bond donors (Lipinski definition) is 1. The van der Waals surface area contributed by atoms with E-state index in [1.54, 1.807) is 0 Å². The molecular weight excluding hydrogens is 294 g/mol. The average molecular weight is 321 g/mol. The Kier molecular flexibility index (Phi) is 4.73. The summed E-state index contributed by atoms with van der Waals surface area (Å²) in [4.78, 5) is 16.3. The zero-order chi connectivity index (χ0) is 16.4. The van der Waals surface area contributed by atoms with E-state index in [1.807, 2.05) is 18.7 Å². The van der Waals surface area contributed by atoms with Crippen molar-refractivity contribution in [2.75, 3.05) is 32.8 Å². The van der Waals surface area contributed by atoms with Gasteiger partial charge >= 0.3 is 0 Å². The normalized spacial score (nSPS) is 22.0. The molecule has 2 aliphatic heterocycles. The molecule has 1 spiro atoms. The highest BCUT2D eigenvalue weighted by Gasteiger charge is 2.40. The van der Waals surface area contributed by atoms with Crippen LogP contribution in [0.3, 0.4) is 0 Å². The molecule has 0 bridgehead atoms. The number of rotatable bonds is 4. The molecule has 0 radical (unpaired) electrons. The Morgan fingerprint density at radius 3 is 2.61 bits per heavy atom. The molecule has 2 saturated heterocycles. The Morgan fingerprint density at radius 1 is 1.26 bits per heavy atom. The Morgan fingerprint density at radius 2 is 2.00 bits per heavy atom. The van der Waals surface area contributed by atoms with Crippen molar-refractivity contribution in [3.63, 3.8) is 0 Å². The Bertz CT molecular complexity index is 542. The Hall–Kier alpha value is -1.40. The fraction of sp³-hybridized carbons (Fsp3) is 0.765. The molecule has 1 aromatic rings. The molecule has 6 nitrogen and oxygen atoms in total. The van der Waals surface area contributed by atoms with Crippen LogP contribution < -0.4 is 0 Å². The van der Waals surface area contributed by atoms with Crippen molar-refractivity contribution in [2.45, 2.75) is 46.1 Å². The second kappa shape index (κ2) is 6.61. The van der Waals surface area contributed by atoms with Crippen LogP contribution in [0.25, 0.3) is 0 Å². The molecule has 2 aliphatic rings. The number of likely N-dealkylation sites (tertiary alicyclic amines) is 2. The predicted molar refractivity (Wildman–Crippen MR) is 85.8 cm³/mol. The van der Waals surface area contributed by atoms with Gasteiger partial charge in [0.2, 0.25) is 5.91 Å². The summed E-state index contributed by atoms with van der Waals surface area (Å²) in [7, 11) is 0. The lowest BCUT2D eigenvalue weighted by Gasteiger charge is -2.47. The third-order valence-electron chi connectivity index (χ3n) is 5.60. The second-order valence-electron chi connectivity index (χ2n) is 7.12. The van der Waals surface area contributed by atoms with Crippen LogP contribution in [0.15, 0.2) is 4.52 Å². The topological polar surface area (TPSA) is 69.8 Å². The number of nitrogens with zero attached hydrogens (tertiary/aromatic N) is 3. The molecule has 128 valence electrons. The molecule has 0 aliphatic carbocycles. The minimum atomic E-state index is 0.0555. The van der Waals surface area contributed by atoms with E-state index in [4.69, 9.17) is 9.63 Å². The molecule has 1 amide bonds. The Balaban J connectivity index is 1.58. The fourth-order valence-corrected chi connectivity index (χ4v) is 3.97. The molecule has 3 rings (SSSR count). The van der Waals surface area contributed by atoms with Crippen molar-refractivity contribution in [1.82, 2.24) is 15.0 Å². The van der Waals surface area contributed by atoms with Crippen molar-refractivity contribution in [3.8, 4) is 0 Å². The van der Waals surface area contributed by atoms with Gasteiger partial charge in [-0.05, 0) is 51.6 Å². The van der Waals surface area contributed by atoms with Gasteiger partial charge in [0.05, 0.1) is 12.3 Å². The monoisotopic (exact) mass is 321 g/mol. The van der Waals surface area contributed by atoms with Crippen molar-refractivity contribution < 1.29 is 14.4 Å². The van der Waals surface area contributed by atoms with Crippen LogP contribution in [0.2, 0.25) is 0 Å². The van der Waals surface area contributed by atoms with E-state index >= 15 is 0 Å². The highest BCUT2D eigenvalue weighted by atomic mass is 16.5. The van der Waals surface area contributed by atoms with Gasteiger partial charge in [-0.1, -0.05) is 5.16 Å². The van der Waals surface area contributed by atoms with Crippen LogP contribution in [0.1, 0.15) is 42.7 Å². The fourth-order valence-electron chi connectivity index (χ4n) is 3.97. The van der Waals surface area contributed by atoms with Crippen molar-refractivity contribution in [1.29, 1.82) is 0 Å². The maximum atomic E-state index is 11.9. The smallest absolute Gasteiger partial charge is 0.222 e. The maximum absolute atomic E-state index is 11.9. The first kappa shape index (κ1) is 16.5. The number of aliphatic hydroxyl groups excluding tert-OH is 1. The van der Waals surface area contributed by atoms with Gasteiger partial charge in [-0.15, -0.1) is 0 Å². The molecule has 0 atom stereocenters. The summed E-state index contributed by atoms with van der Waals surface area (Å²) >= 11 is 0. The van der Waals surface area contributed by atoms with Gasteiger partial charge in [-0.2, -0.15) is 0 Å². The summed E-state index contributed by atoms with van der Waals surface area (Å²) < 4.78 is 5.25. The summed E-state index contributed by atoms with van der Waals surface area (Å²) in [5, 5.41) is 13.2. The molecule has 3 heterocycles. The van der Waals surface area contributed by atoms with Crippen LogP contribution in [-0.2, 0) is 11.3 Å². The van der Waals surface area contributed by atoms with E-state index in [1.165, 1.54) is 5.56 Å². The van der Waals surface area contributed by atoms with Gasteiger partial charge in [0.15, 0.2) is 0 Å². The number of hydrogen-bond acceptors (Lipinski definition) is 5. The van der Waals surface area contributed by atoms with E-state index in [0.717, 1.165) is 56.9 Å². The lowest BCUT2D eigenvalue weighted by Crippen LogP contribution is -2.51. The van der Waals surface area contributed by atoms with Gasteiger partial charge in [-0.3, -0.25) is 9.69 Å². The third kappa shape index (κ3) is 3.43. The van der Waals surface area contributed by atoms with E-state index < -0.39 is 0 Å². The Labute approximate surface area is 137 Å². The van der Waals surface area contributed by atoms with Crippen molar-refractivity contribution in [3.05, 3.63) is 17.0 Å². The molecule has 23 heavy (non-hydrogen) atoms. The number of piperidine rings is 2. The van der Waals surface area contributed by atoms with Crippen LogP contribution >= 0.6 is 0 Å². The number of carbonyl (C=O) groups excluding carboxylic acids is 1. The summed E-state index contributed by atoms with van der Waals surface area (Å²) in [6, 6.07) is 0. The van der Waals surface area contributed by atoms with Gasteiger partial charge < -0.3 is 14.5 Å². The summed E-state index contributed by atoms with van der Waals surface area (Å²) in [5.74, 6) is 1.11. The molecule has 1 N–H and O–H groups in total. The molecule has 0 unspecified atom stereocenters. The van der Waals surface area contributed by atoms with Crippen LogP contribution in [0.4, 0.5) is 0 Å². The first-order valence-corrected chi connectivity index (χ1v) is 8.56. The van der Waals surface area contributed by atoms with Crippen LogP contribution in [-0.4, -0.2) is 58.8 Å². The second-order valence-corrected chi connectivity index (χ2v) is 7.12. The summed E-state index contributed by atoms with van der Waals surface area (Å²) in [6.07, 6.45) is 3.86. The lowest BCUT2D eigenvalue weighted by atomic mass is 9.72. The van der Waals surface area contributed by atoms with E-state index in [2.05, 4.69) is 10.1 Å². The van der Waals surface area contributed by atoms with E-state index in [-0.39, 0.29) is 17.9 Å². The van der Waals surface area contributed by atoms with Gasteiger partial charge in [0, 0.05) is 31.6 Å². The minimum absolute atomic E-state index is 0.0555. The number of aromatic nitrogens is 1. The van der Waals surface area contributed by atoms with Gasteiger partial charge in [-0.25, -0.2) is 0 Å². The third-order valence-corrected chi connectivity index (χ3v) is 5.60. The number of amides is 1. The van der Waals surface area contributed by atoms with Gasteiger partial charge in [0.1, 0.15) is 5.76 Å². The number of aryl methyl sites for hydroxylation is 2. The molecule has 2 fully saturated rings. The quantitative estimate of drug-likeness (QED) is 0.910. The number of β-amino-alcohol motifs (C(OH)–C–C–N with tert-alkyl or cyclic N) is 1. The molecular formula is C17H27N3O3. The predicted octanol–water partition coefficient (Wildman–Crippen LogP) is 1.49. The van der Waals surface area contributed by atoms with Crippen molar-refractivity contribution >= 4 is 5.91 Å². The maximum Gasteiger partial charge on any atom is 0.222 e. The molecule has 0 saturated carbocycles. The van der Waals surface area contributed by atoms with Gasteiger partial charge in [0.25, 0.3) is 0 Å². The highest BCUT2D eigenvalue weighted by molar-refractivity contribution is 5.77. The SMILES string of the molecule is Cc1noc(C)c1CN1CCC2(CCC(=O)N(CCO)C2)CC1. The number of aliphatic hydroxyl groups is 1. The standard InChI is InChI=1S/C17H27N3O3/c1-13-15(14(2)23-18-13)11-19-7-5-17(6-8-19)4-3-16(22)20(12-17)9-10-21/h21H,3-12H2,1-2H3.